The average molecular weight is 263 g/mol. The Hall–Kier alpha value is -1.84. The second-order valence-electron chi connectivity index (χ2n) is 4.86. The Balaban J connectivity index is 2.76. The summed E-state index contributed by atoms with van der Waals surface area (Å²) < 4.78 is 5.29. The molecule has 0 fully saturated rings. The molecule has 1 N–H and O–H groups in total. The minimum Gasteiger partial charge on any atom is -0.496 e. The van der Waals surface area contributed by atoms with Crippen molar-refractivity contribution >= 4 is 17.4 Å². The molecule has 19 heavy (non-hydrogen) atoms. The van der Waals surface area contributed by atoms with Gasteiger partial charge in [0.2, 0.25) is 5.91 Å². The largest absolute Gasteiger partial charge is 0.496 e. The minimum atomic E-state index is -0.143. The molecule has 0 spiro atoms. The summed E-state index contributed by atoms with van der Waals surface area (Å²) in [6.45, 7) is 5.62. The van der Waals surface area contributed by atoms with Crippen molar-refractivity contribution in [3.8, 4) is 5.75 Å². The van der Waals surface area contributed by atoms with Gasteiger partial charge < -0.3 is 14.8 Å². The summed E-state index contributed by atoms with van der Waals surface area (Å²) in [7, 11) is 1.63. The summed E-state index contributed by atoms with van der Waals surface area (Å²) in [5, 5.41) is 2.80. The number of ketones is 1. The smallest absolute Gasteiger partial charge is 0.224 e. The van der Waals surface area contributed by atoms with Crippen molar-refractivity contribution in [3.05, 3.63) is 23.8 Å². The highest BCUT2D eigenvalue weighted by Crippen LogP contribution is 2.29. The van der Waals surface area contributed by atoms with E-state index < -0.39 is 0 Å². The van der Waals surface area contributed by atoms with Crippen molar-refractivity contribution < 1.29 is 14.3 Å². The van der Waals surface area contributed by atoms with E-state index in [-0.39, 0.29) is 24.5 Å². The molecular formula is C15H21NO3. The van der Waals surface area contributed by atoms with E-state index in [2.05, 4.69) is 19.2 Å². The molecule has 0 saturated carbocycles. The van der Waals surface area contributed by atoms with E-state index in [0.29, 0.717) is 5.92 Å². The van der Waals surface area contributed by atoms with Gasteiger partial charge in [0.25, 0.3) is 0 Å². The summed E-state index contributed by atoms with van der Waals surface area (Å²) in [4.78, 5) is 22.5. The monoisotopic (exact) mass is 263 g/mol. The van der Waals surface area contributed by atoms with Crippen molar-refractivity contribution in [3.63, 3.8) is 0 Å². The first-order valence-corrected chi connectivity index (χ1v) is 6.41. The lowest BCUT2D eigenvalue weighted by molar-refractivity contribution is -0.121. The van der Waals surface area contributed by atoms with Crippen LogP contribution in [-0.4, -0.2) is 18.8 Å². The molecule has 0 bridgehead atoms. The maximum absolute atomic E-state index is 11.7. The van der Waals surface area contributed by atoms with Crippen LogP contribution in [0.5, 0.6) is 5.75 Å². The van der Waals surface area contributed by atoms with Crippen LogP contribution in [0.1, 0.15) is 45.1 Å². The predicted molar refractivity (Wildman–Crippen MR) is 75.6 cm³/mol. The van der Waals surface area contributed by atoms with E-state index >= 15 is 0 Å². The number of benzene rings is 1. The van der Waals surface area contributed by atoms with E-state index in [1.807, 2.05) is 12.1 Å². The topological polar surface area (TPSA) is 55.4 Å². The van der Waals surface area contributed by atoms with Gasteiger partial charge in [-0.1, -0.05) is 13.8 Å². The van der Waals surface area contributed by atoms with Crippen molar-refractivity contribution in [1.82, 2.24) is 0 Å². The van der Waals surface area contributed by atoms with Crippen LogP contribution in [-0.2, 0) is 9.59 Å². The zero-order valence-electron chi connectivity index (χ0n) is 11.9. The molecule has 1 aromatic carbocycles. The number of ether oxygens (including phenoxy) is 1. The number of hydrogen-bond donors (Lipinski definition) is 1. The number of methoxy groups -OCH3 is 1. The molecule has 0 aliphatic carbocycles. The van der Waals surface area contributed by atoms with E-state index in [1.54, 1.807) is 13.2 Å². The Morgan fingerprint density at radius 3 is 2.47 bits per heavy atom. The highest BCUT2D eigenvalue weighted by atomic mass is 16.5. The second-order valence-corrected chi connectivity index (χ2v) is 4.86. The number of hydrogen-bond acceptors (Lipinski definition) is 3. The van der Waals surface area contributed by atoms with Crippen LogP contribution in [0.4, 0.5) is 5.69 Å². The third kappa shape index (κ3) is 4.73. The number of rotatable bonds is 6. The predicted octanol–water partition coefficient (Wildman–Crippen LogP) is 3.13. The number of carbonyl (C=O) groups is 2. The minimum absolute atomic E-state index is 0.0211. The van der Waals surface area contributed by atoms with Gasteiger partial charge in [-0.15, -0.1) is 0 Å². The lowest BCUT2D eigenvalue weighted by Crippen LogP contribution is -2.13. The number of carbonyl (C=O) groups excluding carboxylic acids is 2. The quantitative estimate of drug-likeness (QED) is 0.858. The normalized spacial score (nSPS) is 10.4. The molecule has 0 aliphatic rings. The lowest BCUT2D eigenvalue weighted by Gasteiger charge is -2.14. The molecule has 4 nitrogen and oxygen atoms in total. The third-order valence-corrected chi connectivity index (χ3v) is 2.84. The Bertz CT molecular complexity index is 466. The van der Waals surface area contributed by atoms with Gasteiger partial charge in [-0.05, 0) is 36.6 Å². The van der Waals surface area contributed by atoms with Gasteiger partial charge in [-0.3, -0.25) is 4.79 Å². The maximum Gasteiger partial charge on any atom is 0.224 e. The Labute approximate surface area is 114 Å². The van der Waals surface area contributed by atoms with Crippen LogP contribution in [0.2, 0.25) is 0 Å². The molecule has 0 aliphatic heterocycles. The van der Waals surface area contributed by atoms with Gasteiger partial charge in [0.15, 0.2) is 0 Å². The van der Waals surface area contributed by atoms with Crippen molar-refractivity contribution in [2.45, 2.75) is 39.5 Å². The Morgan fingerprint density at radius 2 is 1.95 bits per heavy atom. The van der Waals surface area contributed by atoms with Gasteiger partial charge >= 0.3 is 0 Å². The molecule has 4 heteroatoms. The van der Waals surface area contributed by atoms with Gasteiger partial charge in [-0.2, -0.15) is 0 Å². The Morgan fingerprint density at radius 1 is 1.26 bits per heavy atom. The first-order chi connectivity index (χ1) is 8.93. The van der Waals surface area contributed by atoms with Gasteiger partial charge in [0, 0.05) is 18.5 Å². The van der Waals surface area contributed by atoms with Crippen LogP contribution in [0.3, 0.4) is 0 Å². The number of Topliss-reactive ketones (excluding diaryl/α,β-unsaturated/α-hetero) is 1. The van der Waals surface area contributed by atoms with E-state index in [4.69, 9.17) is 4.74 Å². The van der Waals surface area contributed by atoms with Gasteiger partial charge in [-0.25, -0.2) is 0 Å². The van der Waals surface area contributed by atoms with Crippen molar-refractivity contribution in [2.24, 2.45) is 0 Å². The molecule has 0 atom stereocenters. The third-order valence-electron chi connectivity index (χ3n) is 2.84. The molecule has 1 rings (SSSR count). The zero-order chi connectivity index (χ0) is 14.4. The summed E-state index contributed by atoms with van der Waals surface area (Å²) in [6.07, 6.45) is 0.497. The van der Waals surface area contributed by atoms with Crippen LogP contribution < -0.4 is 10.1 Å². The van der Waals surface area contributed by atoms with Gasteiger partial charge in [0.1, 0.15) is 11.5 Å². The highest BCUT2D eigenvalue weighted by molar-refractivity contribution is 5.93. The van der Waals surface area contributed by atoms with Crippen molar-refractivity contribution in [1.29, 1.82) is 0 Å². The molecule has 0 saturated heterocycles. The molecule has 0 unspecified atom stereocenters. The summed E-state index contributed by atoms with van der Waals surface area (Å²) in [6, 6.07) is 5.56. The van der Waals surface area contributed by atoms with E-state index in [0.717, 1.165) is 17.0 Å². The first-order valence-electron chi connectivity index (χ1n) is 6.41. The SMILES string of the molecule is COc1ccc(NC(=O)CCC(C)=O)cc1C(C)C. The molecule has 0 heterocycles. The zero-order valence-corrected chi connectivity index (χ0v) is 11.9. The molecule has 0 aromatic heterocycles. The first kappa shape index (κ1) is 15.2. The average Bonchev–Trinajstić information content (AvgIpc) is 2.36. The fourth-order valence-electron chi connectivity index (χ4n) is 1.78. The highest BCUT2D eigenvalue weighted by Gasteiger charge is 2.10. The van der Waals surface area contributed by atoms with Crippen LogP contribution >= 0.6 is 0 Å². The summed E-state index contributed by atoms with van der Waals surface area (Å²) >= 11 is 0. The number of anilines is 1. The maximum atomic E-state index is 11.7. The fourth-order valence-corrected chi connectivity index (χ4v) is 1.78. The van der Waals surface area contributed by atoms with Crippen molar-refractivity contribution in [2.75, 3.05) is 12.4 Å². The fraction of sp³-hybridized carbons (Fsp3) is 0.467. The molecule has 104 valence electrons. The van der Waals surface area contributed by atoms with E-state index in [9.17, 15) is 9.59 Å². The number of amides is 1. The van der Waals surface area contributed by atoms with E-state index in [1.165, 1.54) is 6.92 Å². The van der Waals surface area contributed by atoms with Gasteiger partial charge in [0.05, 0.1) is 7.11 Å². The molecule has 1 amide bonds. The standard InChI is InChI=1S/C15H21NO3/c1-10(2)13-9-12(6-7-14(13)19-4)16-15(18)8-5-11(3)17/h6-7,9-10H,5,8H2,1-4H3,(H,16,18). The molecule has 0 radical (unpaired) electrons. The lowest BCUT2D eigenvalue weighted by atomic mass is 10.0. The van der Waals surface area contributed by atoms with Crippen LogP contribution in [0.15, 0.2) is 18.2 Å². The molecular weight excluding hydrogens is 242 g/mol. The summed E-state index contributed by atoms with van der Waals surface area (Å²) in [5.41, 5.74) is 1.78. The Kier molecular flexibility index (Phi) is 5.55. The molecule has 1 aromatic rings. The van der Waals surface area contributed by atoms with Crippen LogP contribution in [0, 0.1) is 0 Å². The summed E-state index contributed by atoms with van der Waals surface area (Å²) in [5.74, 6) is 1.00. The number of nitrogens with one attached hydrogen (secondary N) is 1. The van der Waals surface area contributed by atoms with Crippen LogP contribution in [0.25, 0.3) is 0 Å². The second kappa shape index (κ2) is 6.92.